The molecule has 1 rings (SSSR count). The Morgan fingerprint density at radius 3 is 2.42 bits per heavy atom. The zero-order valence-corrected chi connectivity index (χ0v) is 12.6. The highest BCUT2D eigenvalue weighted by Gasteiger charge is 2.38. The summed E-state index contributed by atoms with van der Waals surface area (Å²) < 4.78 is 28.0. The lowest BCUT2D eigenvalue weighted by molar-refractivity contribution is 0.388. The first kappa shape index (κ1) is 15.9. The van der Waals surface area contributed by atoms with Crippen LogP contribution in [0.2, 0.25) is 0 Å². The molecule has 0 aliphatic heterocycles. The maximum absolute atomic E-state index is 11.9. The lowest BCUT2D eigenvalue weighted by Crippen LogP contribution is -2.55. The summed E-state index contributed by atoms with van der Waals surface area (Å²) >= 11 is 0. The zero-order valence-electron chi connectivity index (χ0n) is 11.8. The fourth-order valence-electron chi connectivity index (χ4n) is 1.86. The van der Waals surface area contributed by atoms with E-state index in [9.17, 15) is 8.42 Å². The number of hydrogen-bond acceptors (Lipinski definition) is 5. The van der Waals surface area contributed by atoms with Crippen molar-refractivity contribution < 1.29 is 13.2 Å². The summed E-state index contributed by atoms with van der Waals surface area (Å²) in [4.78, 5) is 0. The highest BCUT2D eigenvalue weighted by Crippen LogP contribution is 2.26. The van der Waals surface area contributed by atoms with Crippen LogP contribution in [0.4, 0.5) is 0 Å². The molecule has 6 heteroatoms. The predicted octanol–water partition coefficient (Wildman–Crippen LogP) is 0.893. The molecule has 0 spiro atoms. The predicted molar refractivity (Wildman–Crippen MR) is 76.7 cm³/mol. The minimum atomic E-state index is -3.24. The molecule has 0 bridgehead atoms. The van der Waals surface area contributed by atoms with Gasteiger partial charge in [-0.25, -0.2) is 8.42 Å². The average molecular weight is 286 g/mol. The van der Waals surface area contributed by atoms with E-state index in [-0.39, 0.29) is 0 Å². The highest BCUT2D eigenvalue weighted by atomic mass is 32.2. The molecule has 1 atom stereocenters. The summed E-state index contributed by atoms with van der Waals surface area (Å²) in [5, 5.41) is 0. The first-order valence-corrected chi connectivity index (χ1v) is 7.90. The van der Waals surface area contributed by atoms with Crippen LogP contribution in [0.1, 0.15) is 19.4 Å². The number of nitrogens with two attached hydrogens (primary N) is 1. The van der Waals surface area contributed by atoms with Gasteiger partial charge in [-0.1, -0.05) is 18.2 Å². The van der Waals surface area contributed by atoms with E-state index in [2.05, 4.69) is 5.43 Å². The topological polar surface area (TPSA) is 81.4 Å². The quantitative estimate of drug-likeness (QED) is 0.599. The number of benzene rings is 1. The van der Waals surface area contributed by atoms with Gasteiger partial charge in [0.05, 0.1) is 11.9 Å². The molecule has 19 heavy (non-hydrogen) atoms. The second-order valence-electron chi connectivity index (χ2n) is 5.11. The molecule has 108 valence electrons. The third kappa shape index (κ3) is 3.46. The molecule has 0 aliphatic carbocycles. The molecular weight excluding hydrogens is 264 g/mol. The maximum Gasteiger partial charge on any atom is 0.154 e. The lowest BCUT2D eigenvalue weighted by atomic mass is 9.95. The fourth-order valence-corrected chi connectivity index (χ4v) is 2.52. The molecule has 0 heterocycles. The Kier molecular flexibility index (Phi) is 4.95. The molecule has 0 aromatic heterocycles. The Hall–Kier alpha value is -1.11. The van der Waals surface area contributed by atoms with Crippen molar-refractivity contribution in [3.05, 3.63) is 29.8 Å². The molecule has 0 aliphatic rings. The molecule has 3 N–H and O–H groups in total. The standard InChI is InChI=1S/C13H22N2O3S/c1-13(2,19(4,16)17)12(15-14)9-10-7-5-6-8-11(10)18-3/h5-8,12,15H,9,14H2,1-4H3. The molecule has 0 fully saturated rings. The minimum Gasteiger partial charge on any atom is -0.496 e. The molecule has 0 radical (unpaired) electrons. The van der Waals surface area contributed by atoms with Gasteiger partial charge >= 0.3 is 0 Å². The minimum absolute atomic E-state index is 0.404. The Labute approximate surface area is 115 Å². The van der Waals surface area contributed by atoms with Gasteiger partial charge in [0, 0.05) is 12.3 Å². The van der Waals surface area contributed by atoms with Gasteiger partial charge in [0.25, 0.3) is 0 Å². The lowest BCUT2D eigenvalue weighted by Gasteiger charge is -2.32. The number of hydrogen-bond donors (Lipinski definition) is 2. The Morgan fingerprint density at radius 2 is 1.95 bits per heavy atom. The van der Waals surface area contributed by atoms with Crippen LogP contribution in [0.5, 0.6) is 5.75 Å². The number of methoxy groups -OCH3 is 1. The van der Waals surface area contributed by atoms with Crippen molar-refractivity contribution in [1.82, 2.24) is 5.43 Å². The summed E-state index contributed by atoms with van der Waals surface area (Å²) in [5.41, 5.74) is 3.53. The van der Waals surface area contributed by atoms with Crippen LogP contribution < -0.4 is 16.0 Å². The molecule has 0 amide bonds. The number of rotatable bonds is 6. The van der Waals surface area contributed by atoms with E-state index in [1.807, 2.05) is 24.3 Å². The molecular formula is C13H22N2O3S. The van der Waals surface area contributed by atoms with E-state index in [0.717, 1.165) is 11.3 Å². The van der Waals surface area contributed by atoms with Gasteiger partial charge in [-0.05, 0) is 31.9 Å². The molecule has 1 aromatic carbocycles. The van der Waals surface area contributed by atoms with Crippen molar-refractivity contribution >= 4 is 9.84 Å². The van der Waals surface area contributed by atoms with Crippen LogP contribution in [-0.4, -0.2) is 32.6 Å². The van der Waals surface area contributed by atoms with Crippen LogP contribution >= 0.6 is 0 Å². The normalized spacial score (nSPS) is 14.2. The monoisotopic (exact) mass is 286 g/mol. The van der Waals surface area contributed by atoms with Crippen molar-refractivity contribution in [2.45, 2.75) is 31.1 Å². The number of hydrazine groups is 1. The molecule has 0 saturated carbocycles. The number of nitrogens with one attached hydrogen (secondary N) is 1. The first-order valence-electron chi connectivity index (χ1n) is 6.01. The van der Waals surface area contributed by atoms with Gasteiger partial charge in [-0.3, -0.25) is 11.3 Å². The van der Waals surface area contributed by atoms with Crippen LogP contribution in [0.3, 0.4) is 0 Å². The summed E-state index contributed by atoms with van der Waals surface area (Å²) in [6.45, 7) is 3.34. The van der Waals surface area contributed by atoms with Crippen LogP contribution in [0.25, 0.3) is 0 Å². The number of sulfone groups is 1. The van der Waals surface area contributed by atoms with Crippen molar-refractivity contribution in [3.8, 4) is 5.75 Å². The fraction of sp³-hybridized carbons (Fsp3) is 0.538. The average Bonchev–Trinajstić information content (AvgIpc) is 2.34. The third-order valence-electron chi connectivity index (χ3n) is 3.61. The van der Waals surface area contributed by atoms with Gasteiger partial charge in [-0.2, -0.15) is 0 Å². The molecule has 1 aromatic rings. The molecule has 0 saturated heterocycles. The van der Waals surface area contributed by atoms with E-state index in [0.29, 0.717) is 6.42 Å². The number of ether oxygens (including phenoxy) is 1. The SMILES string of the molecule is COc1ccccc1CC(NN)C(C)(C)S(C)(=O)=O. The zero-order chi connectivity index (χ0) is 14.7. The van der Waals surface area contributed by atoms with E-state index in [1.165, 1.54) is 6.26 Å². The summed E-state index contributed by atoms with van der Waals surface area (Å²) in [6, 6.07) is 7.10. The second-order valence-corrected chi connectivity index (χ2v) is 7.71. The van der Waals surface area contributed by atoms with Gasteiger partial charge in [0.2, 0.25) is 0 Å². The van der Waals surface area contributed by atoms with Crippen LogP contribution in [-0.2, 0) is 16.3 Å². The van der Waals surface area contributed by atoms with Crippen molar-refractivity contribution in [1.29, 1.82) is 0 Å². The van der Waals surface area contributed by atoms with E-state index in [1.54, 1.807) is 21.0 Å². The molecule has 5 nitrogen and oxygen atoms in total. The van der Waals surface area contributed by atoms with Crippen molar-refractivity contribution in [2.24, 2.45) is 5.84 Å². The Balaban J connectivity index is 3.07. The van der Waals surface area contributed by atoms with Gasteiger partial charge in [0.15, 0.2) is 9.84 Å². The largest absolute Gasteiger partial charge is 0.496 e. The number of para-hydroxylation sites is 1. The molecule has 1 unspecified atom stereocenters. The van der Waals surface area contributed by atoms with Crippen molar-refractivity contribution in [3.63, 3.8) is 0 Å². The summed E-state index contributed by atoms with van der Waals surface area (Å²) in [6.07, 6.45) is 1.69. The van der Waals surface area contributed by atoms with Gasteiger partial charge < -0.3 is 4.74 Å². The second kappa shape index (κ2) is 5.90. The third-order valence-corrected chi connectivity index (χ3v) is 5.81. The van der Waals surface area contributed by atoms with Crippen molar-refractivity contribution in [2.75, 3.05) is 13.4 Å². The Bertz CT molecular complexity index is 526. The summed E-state index contributed by atoms with van der Waals surface area (Å²) in [7, 11) is -1.65. The van der Waals surface area contributed by atoms with E-state index in [4.69, 9.17) is 10.6 Å². The highest BCUT2D eigenvalue weighted by molar-refractivity contribution is 7.92. The summed E-state index contributed by atoms with van der Waals surface area (Å²) in [5.74, 6) is 6.27. The maximum atomic E-state index is 11.9. The Morgan fingerprint density at radius 1 is 1.37 bits per heavy atom. The smallest absolute Gasteiger partial charge is 0.154 e. The van der Waals surface area contributed by atoms with E-state index >= 15 is 0 Å². The van der Waals surface area contributed by atoms with Crippen LogP contribution in [0.15, 0.2) is 24.3 Å². The van der Waals surface area contributed by atoms with Gasteiger partial charge in [-0.15, -0.1) is 0 Å². The van der Waals surface area contributed by atoms with E-state index < -0.39 is 20.6 Å². The first-order chi connectivity index (χ1) is 8.74. The van der Waals surface area contributed by atoms with Crippen LogP contribution in [0, 0.1) is 0 Å². The van der Waals surface area contributed by atoms with Gasteiger partial charge in [0.1, 0.15) is 5.75 Å².